The highest BCUT2D eigenvalue weighted by molar-refractivity contribution is 6.24. The Labute approximate surface area is 226 Å². The van der Waals surface area contributed by atoms with Gasteiger partial charge in [0.1, 0.15) is 22.8 Å². The van der Waals surface area contributed by atoms with E-state index in [2.05, 4.69) is 0 Å². The first-order valence-electron chi connectivity index (χ1n) is 12.9. The molecule has 5 unspecified atom stereocenters. The molecule has 0 spiro atoms. The highest BCUT2D eigenvalue weighted by atomic mass is 19.1. The lowest BCUT2D eigenvalue weighted by Crippen LogP contribution is -2.65. The SMILES string of the molecule is CC(CF)CCc1cc(N(C)C)c2c(c1O)C(O)=C1C(=O)C3(O)C(O)=C(C(N)=O)C(=O)C(N(C)C)C3CC1C2. The lowest BCUT2D eigenvalue weighted by molar-refractivity contribution is -0.153. The van der Waals surface area contributed by atoms with Crippen LogP contribution in [0.3, 0.4) is 0 Å². The number of carbonyl (C=O) groups excluding carboxylic acids is 3. The maximum Gasteiger partial charge on any atom is 0.255 e. The molecule has 6 N–H and O–H groups in total. The molecule has 1 fully saturated rings. The molecule has 0 aromatic heterocycles. The molecule has 1 aromatic carbocycles. The van der Waals surface area contributed by atoms with Crippen molar-refractivity contribution in [2.24, 2.45) is 23.5 Å². The van der Waals surface area contributed by atoms with Gasteiger partial charge in [-0.15, -0.1) is 0 Å². The van der Waals surface area contributed by atoms with E-state index >= 15 is 0 Å². The quantitative estimate of drug-likeness (QED) is 0.320. The number of Topliss-reactive ketones (excluding diaryl/α,β-unsaturated/α-hetero) is 2. The summed E-state index contributed by atoms with van der Waals surface area (Å²) in [5.41, 5.74) is 3.43. The molecule has 10 nitrogen and oxygen atoms in total. The van der Waals surface area contributed by atoms with Crippen molar-refractivity contribution in [3.63, 3.8) is 0 Å². The number of carbonyl (C=O) groups is 3. The van der Waals surface area contributed by atoms with Gasteiger partial charge < -0.3 is 31.1 Å². The van der Waals surface area contributed by atoms with E-state index in [1.165, 1.54) is 4.90 Å². The van der Waals surface area contributed by atoms with Crippen molar-refractivity contribution in [1.82, 2.24) is 4.90 Å². The Balaban J connectivity index is 1.94. The molecule has 0 saturated heterocycles. The third-order valence-electron chi connectivity index (χ3n) is 8.43. The highest BCUT2D eigenvalue weighted by Gasteiger charge is 2.64. The number of nitrogens with zero attached hydrogens (tertiary/aromatic N) is 2. The van der Waals surface area contributed by atoms with Crippen LogP contribution in [0.4, 0.5) is 10.1 Å². The molecule has 0 radical (unpaired) electrons. The molecule has 11 heteroatoms. The Bertz CT molecular complexity index is 1320. The number of primary amides is 1. The van der Waals surface area contributed by atoms with Crippen LogP contribution in [0.2, 0.25) is 0 Å². The molecule has 3 aliphatic rings. The second-order valence-corrected chi connectivity index (χ2v) is 11.4. The van der Waals surface area contributed by atoms with Crippen LogP contribution in [0, 0.1) is 17.8 Å². The van der Waals surface area contributed by atoms with Crippen molar-refractivity contribution in [3.05, 3.63) is 39.7 Å². The smallest absolute Gasteiger partial charge is 0.255 e. The first-order chi connectivity index (χ1) is 18.2. The Morgan fingerprint density at radius 2 is 1.85 bits per heavy atom. The number of likely N-dealkylation sites (N-methyl/N-ethyl adjacent to an activating group) is 1. The van der Waals surface area contributed by atoms with E-state index in [1.807, 2.05) is 4.90 Å². The van der Waals surface area contributed by atoms with Crippen LogP contribution in [-0.4, -0.2) is 89.3 Å². The summed E-state index contributed by atoms with van der Waals surface area (Å²) in [5.74, 6) is -7.04. The predicted molar refractivity (Wildman–Crippen MR) is 142 cm³/mol. The maximum atomic E-state index is 14.0. The lowest BCUT2D eigenvalue weighted by Gasteiger charge is -2.50. The number of hydrogen-bond donors (Lipinski definition) is 5. The number of phenols is 1. The van der Waals surface area contributed by atoms with Crippen LogP contribution in [-0.2, 0) is 27.2 Å². The summed E-state index contributed by atoms with van der Waals surface area (Å²) in [5, 5.41) is 45.4. The van der Waals surface area contributed by atoms with Crippen molar-refractivity contribution < 1.29 is 39.2 Å². The summed E-state index contributed by atoms with van der Waals surface area (Å²) in [6.45, 7) is 1.23. The van der Waals surface area contributed by atoms with E-state index in [4.69, 9.17) is 5.73 Å². The second kappa shape index (κ2) is 9.95. The minimum atomic E-state index is -2.68. The standard InChI is InChI=1S/C28H36FN3O7/c1-12(11-29)6-7-13-10-17(31(2)3)15-8-14-9-16-21(32(4)5)24(35)20(27(30)38)26(37)28(16,39)25(36)18(14)23(34)19(15)22(13)33/h10,12,14,16,21,33-34,37,39H,6-9,11H2,1-5H3,(H2,30,38). The van der Waals surface area contributed by atoms with E-state index in [0.717, 1.165) is 0 Å². The summed E-state index contributed by atoms with van der Waals surface area (Å²) >= 11 is 0. The number of aliphatic hydroxyl groups is 3. The van der Waals surface area contributed by atoms with Gasteiger partial charge in [0.2, 0.25) is 5.78 Å². The Hall–Kier alpha value is -3.44. The number of phenolic OH excluding ortho intramolecular Hbond substituents is 1. The minimum absolute atomic E-state index is 0.0230. The van der Waals surface area contributed by atoms with Crippen LogP contribution in [0.1, 0.15) is 36.5 Å². The van der Waals surface area contributed by atoms with E-state index < -0.39 is 64.7 Å². The molecule has 1 saturated carbocycles. The topological polar surface area (TPSA) is 165 Å². The second-order valence-electron chi connectivity index (χ2n) is 11.4. The Morgan fingerprint density at radius 1 is 1.21 bits per heavy atom. The zero-order chi connectivity index (χ0) is 29.1. The molecule has 212 valence electrons. The fourth-order valence-electron chi connectivity index (χ4n) is 6.41. The summed E-state index contributed by atoms with van der Waals surface area (Å²) in [6.07, 6.45) is 1.01. The van der Waals surface area contributed by atoms with Crippen molar-refractivity contribution >= 4 is 28.9 Å². The van der Waals surface area contributed by atoms with Gasteiger partial charge in [-0.3, -0.25) is 23.7 Å². The zero-order valence-electron chi connectivity index (χ0n) is 22.8. The third kappa shape index (κ3) is 4.19. The summed E-state index contributed by atoms with van der Waals surface area (Å²) in [7, 11) is 6.72. The number of rotatable bonds is 7. The van der Waals surface area contributed by atoms with Gasteiger partial charge in [0, 0.05) is 31.3 Å². The minimum Gasteiger partial charge on any atom is -0.508 e. The van der Waals surface area contributed by atoms with E-state index in [0.29, 0.717) is 29.7 Å². The van der Waals surface area contributed by atoms with Crippen LogP contribution in [0.15, 0.2) is 23.0 Å². The Morgan fingerprint density at radius 3 is 2.38 bits per heavy atom. The normalized spacial score (nSPS) is 27.3. The average Bonchev–Trinajstić information content (AvgIpc) is 2.84. The van der Waals surface area contributed by atoms with E-state index in [9.17, 15) is 39.2 Å². The molecule has 39 heavy (non-hydrogen) atoms. The Kier molecular flexibility index (Phi) is 7.28. The van der Waals surface area contributed by atoms with Crippen molar-refractivity contribution in [3.8, 4) is 5.75 Å². The number of ketones is 2. The molecule has 0 aliphatic heterocycles. The van der Waals surface area contributed by atoms with Gasteiger partial charge in [-0.2, -0.15) is 0 Å². The van der Waals surface area contributed by atoms with Crippen LogP contribution >= 0.6 is 0 Å². The summed E-state index contributed by atoms with van der Waals surface area (Å²) < 4.78 is 13.1. The molecule has 0 heterocycles. The number of aromatic hydroxyl groups is 1. The van der Waals surface area contributed by atoms with Gasteiger partial charge in [0.05, 0.1) is 18.3 Å². The number of alkyl halides is 1. The fraction of sp³-hybridized carbons (Fsp3) is 0.536. The number of hydrogen-bond acceptors (Lipinski definition) is 9. The number of benzene rings is 1. The average molecular weight is 546 g/mol. The first-order valence-corrected chi connectivity index (χ1v) is 12.9. The monoisotopic (exact) mass is 545 g/mol. The van der Waals surface area contributed by atoms with Crippen LogP contribution in [0.5, 0.6) is 5.75 Å². The van der Waals surface area contributed by atoms with Crippen molar-refractivity contribution in [2.75, 3.05) is 39.8 Å². The molecular formula is C28H36FN3O7. The molecular weight excluding hydrogens is 509 g/mol. The lowest BCUT2D eigenvalue weighted by atomic mass is 9.57. The van der Waals surface area contributed by atoms with Gasteiger partial charge in [0.25, 0.3) is 5.91 Å². The third-order valence-corrected chi connectivity index (χ3v) is 8.43. The molecule has 5 atom stereocenters. The predicted octanol–water partition coefficient (Wildman–Crippen LogP) is 1.57. The molecule has 1 amide bonds. The number of aliphatic hydroxyl groups excluding tert-OH is 2. The molecule has 0 bridgehead atoms. The molecule has 3 aliphatic carbocycles. The van der Waals surface area contributed by atoms with Gasteiger partial charge in [-0.05, 0) is 68.8 Å². The summed E-state index contributed by atoms with van der Waals surface area (Å²) in [4.78, 5) is 42.6. The molecule has 4 rings (SSSR count). The van der Waals surface area contributed by atoms with Gasteiger partial charge in [0.15, 0.2) is 11.4 Å². The maximum absolute atomic E-state index is 14.0. The number of fused-ring (bicyclic) bond motifs is 3. The fourth-order valence-corrected chi connectivity index (χ4v) is 6.41. The first kappa shape index (κ1) is 28.6. The van der Waals surface area contributed by atoms with E-state index in [-0.39, 0.29) is 35.6 Å². The highest BCUT2D eigenvalue weighted by Crippen LogP contribution is 2.54. The van der Waals surface area contributed by atoms with Crippen LogP contribution < -0.4 is 10.6 Å². The van der Waals surface area contributed by atoms with Crippen molar-refractivity contribution in [2.45, 2.75) is 44.2 Å². The zero-order valence-corrected chi connectivity index (χ0v) is 22.8. The largest absolute Gasteiger partial charge is 0.508 e. The van der Waals surface area contributed by atoms with Gasteiger partial charge >= 0.3 is 0 Å². The molecule has 1 aromatic rings. The van der Waals surface area contributed by atoms with Gasteiger partial charge in [-0.25, -0.2) is 0 Å². The van der Waals surface area contributed by atoms with Gasteiger partial charge in [-0.1, -0.05) is 6.92 Å². The number of nitrogens with two attached hydrogens (primary N) is 1. The number of aryl methyl sites for hydroxylation is 1. The van der Waals surface area contributed by atoms with Crippen LogP contribution in [0.25, 0.3) is 5.76 Å². The number of anilines is 1. The summed E-state index contributed by atoms with van der Waals surface area (Å²) in [6, 6.07) is 0.655. The number of amides is 1. The van der Waals surface area contributed by atoms with E-state index in [1.54, 1.807) is 41.2 Å². The number of halogens is 1. The van der Waals surface area contributed by atoms with Crippen molar-refractivity contribution in [1.29, 1.82) is 0 Å².